The number of primary amides is 1. The smallest absolute Gasteiger partial charge is 0.312 e. The first-order valence-corrected chi connectivity index (χ1v) is 8.06. The molecule has 2 aromatic carbocycles. The predicted octanol–water partition coefficient (Wildman–Crippen LogP) is 2.69. The molecular weight excluding hydrogens is 302 g/mol. The van der Waals surface area contributed by atoms with E-state index in [4.69, 9.17) is 5.73 Å². The molecule has 3 rings (SSSR count). The lowest BCUT2D eigenvalue weighted by Gasteiger charge is -2.33. The summed E-state index contributed by atoms with van der Waals surface area (Å²) in [5.74, 6) is 0.436. The van der Waals surface area contributed by atoms with Gasteiger partial charge in [-0.15, -0.1) is 0 Å². The Balaban J connectivity index is 1.80. The first-order valence-electron chi connectivity index (χ1n) is 8.06. The number of fused-ring (bicyclic) bond motifs is 1. The van der Waals surface area contributed by atoms with E-state index in [1.165, 1.54) is 5.56 Å². The largest absolute Gasteiger partial charge is 0.352 e. The summed E-state index contributed by atoms with van der Waals surface area (Å²) in [6.07, 6.45) is 0.998. The van der Waals surface area contributed by atoms with Crippen LogP contribution in [0.2, 0.25) is 0 Å². The molecule has 0 unspecified atom stereocenters. The topological polar surface area (TPSA) is 75.4 Å². The van der Waals surface area contributed by atoms with Crippen LogP contribution in [-0.2, 0) is 13.0 Å². The van der Waals surface area contributed by atoms with Crippen LogP contribution < -0.4 is 16.0 Å². The zero-order valence-electron chi connectivity index (χ0n) is 13.7. The molecule has 0 aromatic heterocycles. The minimum atomic E-state index is -0.561. The van der Waals surface area contributed by atoms with Crippen molar-refractivity contribution < 1.29 is 9.59 Å². The minimum Gasteiger partial charge on any atom is -0.352 e. The number of nitrogens with two attached hydrogens (primary N) is 1. The van der Waals surface area contributed by atoms with Crippen molar-refractivity contribution in [3.05, 3.63) is 65.2 Å². The number of nitrogens with one attached hydrogen (secondary N) is 1. The normalized spacial score (nSPS) is 16.4. The van der Waals surface area contributed by atoms with E-state index in [1.807, 2.05) is 35.2 Å². The average Bonchev–Trinajstić information content (AvgIpc) is 2.59. The van der Waals surface area contributed by atoms with Crippen molar-refractivity contribution >= 4 is 17.6 Å². The summed E-state index contributed by atoms with van der Waals surface area (Å²) >= 11 is 0. The maximum Gasteiger partial charge on any atom is 0.312 e. The number of anilines is 1. The van der Waals surface area contributed by atoms with E-state index < -0.39 is 6.03 Å². The van der Waals surface area contributed by atoms with Crippen molar-refractivity contribution in [1.29, 1.82) is 0 Å². The number of hydrogen-bond donors (Lipinski definition) is 2. The Morgan fingerprint density at radius 2 is 1.88 bits per heavy atom. The second-order valence-electron chi connectivity index (χ2n) is 6.27. The summed E-state index contributed by atoms with van der Waals surface area (Å²) in [6, 6.07) is 14.8. The second kappa shape index (κ2) is 6.74. The number of hydrogen-bond acceptors (Lipinski definition) is 2. The highest BCUT2D eigenvalue weighted by molar-refractivity contribution is 6.06. The zero-order valence-corrected chi connectivity index (χ0v) is 13.7. The molecule has 3 N–H and O–H groups in total. The SMILES string of the molecule is C[C@@H]1Cc2ccccc2N(C(=O)c2ccc(CNC(N)=O)cc2)C1. The van der Waals surface area contributed by atoms with Crippen molar-refractivity contribution in [3.8, 4) is 0 Å². The Morgan fingerprint density at radius 3 is 2.58 bits per heavy atom. The van der Waals surface area contributed by atoms with E-state index in [-0.39, 0.29) is 5.91 Å². The van der Waals surface area contributed by atoms with Crippen LogP contribution in [0.3, 0.4) is 0 Å². The third kappa shape index (κ3) is 3.40. The standard InChI is InChI=1S/C19H21N3O2/c1-13-10-16-4-2-3-5-17(16)22(12-13)18(23)15-8-6-14(7-9-15)11-21-19(20)24/h2-9,13H,10-12H2,1H3,(H3,20,21,24)/t13-/m1/s1. The fourth-order valence-corrected chi connectivity index (χ4v) is 3.10. The molecule has 5 heteroatoms. The van der Waals surface area contributed by atoms with Crippen molar-refractivity contribution in [2.75, 3.05) is 11.4 Å². The van der Waals surface area contributed by atoms with Crippen LogP contribution in [-0.4, -0.2) is 18.5 Å². The van der Waals surface area contributed by atoms with Gasteiger partial charge in [0.1, 0.15) is 0 Å². The molecule has 1 aliphatic rings. The summed E-state index contributed by atoms with van der Waals surface area (Å²) in [5, 5.41) is 2.54. The third-order valence-corrected chi connectivity index (χ3v) is 4.26. The van der Waals surface area contributed by atoms with Crippen molar-refractivity contribution in [2.45, 2.75) is 19.9 Å². The maximum absolute atomic E-state index is 12.9. The molecule has 124 valence electrons. The van der Waals surface area contributed by atoms with Gasteiger partial charge >= 0.3 is 6.03 Å². The number of amides is 3. The van der Waals surface area contributed by atoms with Crippen LogP contribution in [0.1, 0.15) is 28.4 Å². The average molecular weight is 323 g/mol. The molecule has 1 heterocycles. The van der Waals surface area contributed by atoms with Gasteiger partial charge in [-0.3, -0.25) is 4.79 Å². The van der Waals surface area contributed by atoms with Crippen LogP contribution in [0.15, 0.2) is 48.5 Å². The molecule has 1 atom stereocenters. The van der Waals surface area contributed by atoms with Crippen LogP contribution >= 0.6 is 0 Å². The molecule has 0 radical (unpaired) electrons. The molecule has 0 saturated carbocycles. The summed E-state index contributed by atoms with van der Waals surface area (Å²) in [7, 11) is 0. The number of rotatable bonds is 3. The van der Waals surface area contributed by atoms with Crippen LogP contribution in [0.25, 0.3) is 0 Å². The highest BCUT2D eigenvalue weighted by Gasteiger charge is 2.26. The lowest BCUT2D eigenvalue weighted by Crippen LogP contribution is -2.39. The third-order valence-electron chi connectivity index (χ3n) is 4.26. The molecule has 1 aliphatic heterocycles. The molecular formula is C19H21N3O2. The number of nitrogens with zero attached hydrogens (tertiary/aromatic N) is 1. The summed E-state index contributed by atoms with van der Waals surface area (Å²) < 4.78 is 0. The van der Waals surface area contributed by atoms with Gasteiger partial charge in [0, 0.05) is 24.3 Å². The molecule has 0 saturated heterocycles. The Kier molecular flexibility index (Phi) is 4.51. The van der Waals surface area contributed by atoms with E-state index in [0.29, 0.717) is 18.0 Å². The van der Waals surface area contributed by atoms with Gasteiger partial charge in [-0.05, 0) is 41.7 Å². The first-order chi connectivity index (χ1) is 11.5. The van der Waals surface area contributed by atoms with Crippen LogP contribution in [0, 0.1) is 5.92 Å². The van der Waals surface area contributed by atoms with Gasteiger partial charge in [0.2, 0.25) is 0 Å². The van der Waals surface area contributed by atoms with Gasteiger partial charge < -0.3 is 16.0 Å². The number of urea groups is 1. The van der Waals surface area contributed by atoms with Crippen molar-refractivity contribution in [3.63, 3.8) is 0 Å². The lowest BCUT2D eigenvalue weighted by atomic mass is 9.93. The number of carbonyl (C=O) groups excluding carboxylic acids is 2. The van der Waals surface area contributed by atoms with E-state index in [1.54, 1.807) is 12.1 Å². The minimum absolute atomic E-state index is 0.00316. The van der Waals surface area contributed by atoms with E-state index in [9.17, 15) is 9.59 Å². The Bertz CT molecular complexity index is 755. The molecule has 0 aliphatic carbocycles. The lowest BCUT2D eigenvalue weighted by molar-refractivity contribution is 0.0981. The highest BCUT2D eigenvalue weighted by Crippen LogP contribution is 2.30. The van der Waals surface area contributed by atoms with Gasteiger partial charge in [-0.25, -0.2) is 4.79 Å². The number of carbonyl (C=O) groups is 2. The summed E-state index contributed by atoms with van der Waals surface area (Å²) in [4.78, 5) is 25.5. The fraction of sp³-hybridized carbons (Fsp3) is 0.263. The highest BCUT2D eigenvalue weighted by atomic mass is 16.2. The molecule has 0 bridgehead atoms. The van der Waals surface area contributed by atoms with Gasteiger partial charge in [0.15, 0.2) is 0 Å². The van der Waals surface area contributed by atoms with Crippen molar-refractivity contribution in [1.82, 2.24) is 5.32 Å². The van der Waals surface area contributed by atoms with Crippen molar-refractivity contribution in [2.24, 2.45) is 11.7 Å². The number of benzene rings is 2. The van der Waals surface area contributed by atoms with Crippen LogP contribution in [0.5, 0.6) is 0 Å². The number of para-hydroxylation sites is 1. The summed E-state index contributed by atoms with van der Waals surface area (Å²) in [5.41, 5.74) is 8.82. The van der Waals surface area contributed by atoms with E-state index in [0.717, 1.165) is 24.2 Å². The van der Waals surface area contributed by atoms with Gasteiger partial charge in [0.25, 0.3) is 5.91 Å². The molecule has 5 nitrogen and oxygen atoms in total. The predicted molar refractivity (Wildman–Crippen MR) is 93.9 cm³/mol. The molecule has 0 fully saturated rings. The van der Waals surface area contributed by atoms with E-state index >= 15 is 0 Å². The molecule has 3 amide bonds. The summed E-state index contributed by atoms with van der Waals surface area (Å²) in [6.45, 7) is 3.24. The monoisotopic (exact) mass is 323 g/mol. The van der Waals surface area contributed by atoms with E-state index in [2.05, 4.69) is 18.3 Å². The first kappa shape index (κ1) is 16.1. The molecule has 2 aromatic rings. The Hall–Kier alpha value is -2.82. The quantitative estimate of drug-likeness (QED) is 0.911. The van der Waals surface area contributed by atoms with Gasteiger partial charge in [-0.1, -0.05) is 37.3 Å². The zero-order chi connectivity index (χ0) is 17.1. The molecule has 24 heavy (non-hydrogen) atoms. The maximum atomic E-state index is 12.9. The Labute approximate surface area is 141 Å². The van der Waals surface area contributed by atoms with Crippen LogP contribution in [0.4, 0.5) is 10.5 Å². The second-order valence-corrected chi connectivity index (χ2v) is 6.27. The molecule has 0 spiro atoms. The fourth-order valence-electron chi connectivity index (χ4n) is 3.10. The van der Waals surface area contributed by atoms with Gasteiger partial charge in [-0.2, -0.15) is 0 Å². The van der Waals surface area contributed by atoms with Gasteiger partial charge in [0.05, 0.1) is 0 Å². The Morgan fingerprint density at radius 1 is 1.17 bits per heavy atom.